The minimum absolute atomic E-state index is 0.205. The van der Waals surface area contributed by atoms with Crippen molar-refractivity contribution >= 4 is 17.3 Å². The SMILES string of the molecule is Nc1cc(Nc2cc(F)c(F)cc2F)nc(C2CC2)n1. The lowest BCUT2D eigenvalue weighted by Crippen LogP contribution is -2.04. The molecule has 4 nitrogen and oxygen atoms in total. The van der Waals surface area contributed by atoms with Crippen molar-refractivity contribution in [1.82, 2.24) is 9.97 Å². The maximum atomic E-state index is 13.5. The molecule has 0 amide bonds. The van der Waals surface area contributed by atoms with Crippen molar-refractivity contribution in [1.29, 1.82) is 0 Å². The fraction of sp³-hybridized carbons (Fsp3) is 0.231. The van der Waals surface area contributed by atoms with Crippen molar-refractivity contribution in [3.05, 3.63) is 41.5 Å². The van der Waals surface area contributed by atoms with E-state index in [1.165, 1.54) is 6.07 Å². The van der Waals surface area contributed by atoms with E-state index in [1.54, 1.807) is 0 Å². The van der Waals surface area contributed by atoms with Crippen LogP contribution in [0.25, 0.3) is 0 Å². The minimum Gasteiger partial charge on any atom is -0.384 e. The van der Waals surface area contributed by atoms with Gasteiger partial charge in [0.15, 0.2) is 11.6 Å². The number of nitrogens with zero attached hydrogens (tertiary/aromatic N) is 2. The van der Waals surface area contributed by atoms with Crippen LogP contribution in [0.1, 0.15) is 24.6 Å². The van der Waals surface area contributed by atoms with E-state index in [-0.39, 0.29) is 23.2 Å². The van der Waals surface area contributed by atoms with Crippen molar-refractivity contribution in [3.63, 3.8) is 0 Å². The van der Waals surface area contributed by atoms with Gasteiger partial charge in [-0.25, -0.2) is 23.1 Å². The number of hydrogen-bond acceptors (Lipinski definition) is 4. The van der Waals surface area contributed by atoms with Gasteiger partial charge in [-0.05, 0) is 12.8 Å². The molecule has 1 aromatic carbocycles. The van der Waals surface area contributed by atoms with Crippen molar-refractivity contribution in [2.75, 3.05) is 11.1 Å². The van der Waals surface area contributed by atoms with Gasteiger partial charge < -0.3 is 11.1 Å². The van der Waals surface area contributed by atoms with E-state index in [1.807, 2.05) is 0 Å². The second kappa shape index (κ2) is 4.66. The maximum Gasteiger partial charge on any atom is 0.161 e. The fourth-order valence-corrected chi connectivity index (χ4v) is 1.83. The second-order valence-electron chi connectivity index (χ2n) is 4.68. The van der Waals surface area contributed by atoms with Gasteiger partial charge in [0.25, 0.3) is 0 Å². The molecule has 3 rings (SSSR count). The summed E-state index contributed by atoms with van der Waals surface area (Å²) in [7, 11) is 0. The third-order valence-corrected chi connectivity index (χ3v) is 2.98. The van der Waals surface area contributed by atoms with E-state index >= 15 is 0 Å². The fourth-order valence-electron chi connectivity index (χ4n) is 1.83. The Labute approximate surface area is 112 Å². The first-order valence-electron chi connectivity index (χ1n) is 6.09. The molecular weight excluding hydrogens is 269 g/mol. The second-order valence-corrected chi connectivity index (χ2v) is 4.68. The summed E-state index contributed by atoms with van der Waals surface area (Å²) < 4.78 is 39.5. The summed E-state index contributed by atoms with van der Waals surface area (Å²) in [4.78, 5) is 8.29. The molecule has 1 fully saturated rings. The van der Waals surface area contributed by atoms with Crippen LogP contribution in [0.4, 0.5) is 30.5 Å². The van der Waals surface area contributed by atoms with Crippen LogP contribution in [0.5, 0.6) is 0 Å². The summed E-state index contributed by atoms with van der Waals surface area (Å²) in [6, 6.07) is 2.62. The van der Waals surface area contributed by atoms with E-state index in [2.05, 4.69) is 15.3 Å². The van der Waals surface area contributed by atoms with Crippen LogP contribution < -0.4 is 11.1 Å². The third kappa shape index (κ3) is 2.52. The molecule has 7 heteroatoms. The lowest BCUT2D eigenvalue weighted by atomic mass is 10.2. The molecule has 20 heavy (non-hydrogen) atoms. The van der Waals surface area contributed by atoms with E-state index in [9.17, 15) is 13.2 Å². The molecule has 1 aliphatic carbocycles. The van der Waals surface area contributed by atoms with Crippen LogP contribution in [0.3, 0.4) is 0 Å². The standard InChI is InChI=1S/C13H11F3N4/c14-7-3-9(16)10(4-8(7)15)18-12-5-11(17)19-13(20-12)6-1-2-6/h3-6H,1-2H2,(H3,17,18,19,20). The number of anilines is 3. The number of benzene rings is 1. The molecule has 0 saturated heterocycles. The van der Waals surface area contributed by atoms with Gasteiger partial charge in [0.05, 0.1) is 5.69 Å². The van der Waals surface area contributed by atoms with Crippen LogP contribution in [0.2, 0.25) is 0 Å². The van der Waals surface area contributed by atoms with Crippen molar-refractivity contribution in [2.45, 2.75) is 18.8 Å². The Bertz CT molecular complexity index is 671. The van der Waals surface area contributed by atoms with Gasteiger partial charge in [-0.15, -0.1) is 0 Å². The molecule has 0 bridgehead atoms. The topological polar surface area (TPSA) is 63.8 Å². The molecule has 2 aromatic rings. The Kier molecular flexibility index (Phi) is 2.96. The van der Waals surface area contributed by atoms with Gasteiger partial charge in [-0.3, -0.25) is 0 Å². The van der Waals surface area contributed by atoms with Crippen molar-refractivity contribution in [2.24, 2.45) is 0 Å². The molecule has 1 saturated carbocycles. The van der Waals surface area contributed by atoms with Gasteiger partial charge in [0.2, 0.25) is 0 Å². The third-order valence-electron chi connectivity index (χ3n) is 2.98. The average Bonchev–Trinajstić information content (AvgIpc) is 3.19. The highest BCUT2D eigenvalue weighted by atomic mass is 19.2. The molecule has 0 unspecified atom stereocenters. The number of nitrogen functional groups attached to an aromatic ring is 1. The highest BCUT2D eigenvalue weighted by Crippen LogP contribution is 2.38. The largest absolute Gasteiger partial charge is 0.384 e. The average molecular weight is 280 g/mol. The van der Waals surface area contributed by atoms with Crippen LogP contribution in [-0.4, -0.2) is 9.97 Å². The molecule has 104 valence electrons. The lowest BCUT2D eigenvalue weighted by Gasteiger charge is -2.09. The summed E-state index contributed by atoms with van der Waals surface area (Å²) >= 11 is 0. The van der Waals surface area contributed by atoms with E-state index in [4.69, 9.17) is 5.73 Å². The summed E-state index contributed by atoms with van der Waals surface area (Å²) in [5.74, 6) is -1.94. The molecule has 1 aromatic heterocycles. The zero-order chi connectivity index (χ0) is 14.3. The van der Waals surface area contributed by atoms with Crippen LogP contribution in [0.15, 0.2) is 18.2 Å². The predicted molar refractivity (Wildman–Crippen MR) is 68.0 cm³/mol. The van der Waals surface area contributed by atoms with Crippen LogP contribution in [-0.2, 0) is 0 Å². The first-order valence-corrected chi connectivity index (χ1v) is 6.09. The number of halogens is 3. The van der Waals surface area contributed by atoms with Gasteiger partial charge in [0, 0.05) is 24.1 Å². The Balaban J connectivity index is 1.92. The number of nitrogens with one attached hydrogen (secondary N) is 1. The maximum absolute atomic E-state index is 13.5. The monoisotopic (exact) mass is 280 g/mol. The summed E-state index contributed by atoms with van der Waals surface area (Å²) in [6.45, 7) is 0. The summed E-state index contributed by atoms with van der Waals surface area (Å²) in [6.07, 6.45) is 1.98. The number of hydrogen-bond donors (Lipinski definition) is 2. The number of rotatable bonds is 3. The Morgan fingerprint density at radius 3 is 2.40 bits per heavy atom. The molecule has 1 aliphatic rings. The lowest BCUT2D eigenvalue weighted by molar-refractivity contribution is 0.496. The molecular formula is C13H11F3N4. The first-order chi connectivity index (χ1) is 9.52. The quantitative estimate of drug-likeness (QED) is 0.848. The van der Waals surface area contributed by atoms with Gasteiger partial charge in [0.1, 0.15) is 23.3 Å². The van der Waals surface area contributed by atoms with Gasteiger partial charge in [-0.2, -0.15) is 0 Å². The Hall–Kier alpha value is -2.31. The normalized spacial score (nSPS) is 14.3. The van der Waals surface area contributed by atoms with E-state index in [0.29, 0.717) is 11.9 Å². The Morgan fingerprint density at radius 1 is 1.00 bits per heavy atom. The molecule has 0 spiro atoms. The number of nitrogens with two attached hydrogens (primary N) is 1. The summed E-state index contributed by atoms with van der Waals surface area (Å²) in [5, 5.41) is 2.59. The minimum atomic E-state index is -1.24. The summed E-state index contributed by atoms with van der Waals surface area (Å²) in [5.41, 5.74) is 5.45. The molecule has 0 aliphatic heterocycles. The molecule has 0 atom stereocenters. The predicted octanol–water partition coefficient (Wildman–Crippen LogP) is 3.10. The first kappa shape index (κ1) is 12.7. The molecule has 1 heterocycles. The zero-order valence-corrected chi connectivity index (χ0v) is 10.3. The van der Waals surface area contributed by atoms with Gasteiger partial charge in [-0.1, -0.05) is 0 Å². The Morgan fingerprint density at radius 2 is 1.70 bits per heavy atom. The highest BCUT2D eigenvalue weighted by Gasteiger charge is 2.27. The van der Waals surface area contributed by atoms with Crippen LogP contribution in [0, 0.1) is 17.5 Å². The van der Waals surface area contributed by atoms with Crippen molar-refractivity contribution in [3.8, 4) is 0 Å². The zero-order valence-electron chi connectivity index (χ0n) is 10.3. The van der Waals surface area contributed by atoms with Crippen LogP contribution >= 0.6 is 0 Å². The smallest absolute Gasteiger partial charge is 0.161 e. The highest BCUT2D eigenvalue weighted by molar-refractivity contribution is 5.59. The van der Waals surface area contributed by atoms with E-state index in [0.717, 1.165) is 18.9 Å². The van der Waals surface area contributed by atoms with Gasteiger partial charge >= 0.3 is 0 Å². The molecule has 0 radical (unpaired) electrons. The van der Waals surface area contributed by atoms with E-state index < -0.39 is 17.5 Å². The van der Waals surface area contributed by atoms with Crippen molar-refractivity contribution < 1.29 is 13.2 Å². The molecule has 3 N–H and O–H groups in total. The number of aromatic nitrogens is 2.